The quantitative estimate of drug-likeness (QED) is 0.502. The summed E-state index contributed by atoms with van der Waals surface area (Å²) in [6, 6.07) is 7.12. The number of benzene rings is 1. The van der Waals surface area contributed by atoms with Gasteiger partial charge < -0.3 is 9.88 Å². The van der Waals surface area contributed by atoms with Crippen LogP contribution in [0.3, 0.4) is 0 Å². The smallest absolute Gasteiger partial charge is 0.312 e. The van der Waals surface area contributed by atoms with E-state index in [1.807, 2.05) is 12.1 Å². The van der Waals surface area contributed by atoms with Crippen molar-refractivity contribution < 1.29 is 9.60 Å². The molecule has 0 saturated carbocycles. The zero-order valence-electron chi connectivity index (χ0n) is 11.2. The Bertz CT molecular complexity index is 770. The number of rotatable bonds is 4. The van der Waals surface area contributed by atoms with E-state index in [4.69, 9.17) is 5.21 Å². The van der Waals surface area contributed by atoms with Crippen LogP contribution in [0.2, 0.25) is 0 Å². The van der Waals surface area contributed by atoms with Crippen molar-refractivity contribution in [3.8, 4) is 0 Å². The van der Waals surface area contributed by atoms with E-state index in [9.17, 15) is 4.39 Å². The maximum atomic E-state index is 13.4. The van der Waals surface area contributed by atoms with Crippen LogP contribution in [0.5, 0.6) is 0 Å². The Hall–Kier alpha value is -2.74. The number of hydrogen-bond donors (Lipinski definition) is 3. The van der Waals surface area contributed by atoms with E-state index in [0.717, 1.165) is 5.56 Å². The van der Waals surface area contributed by atoms with Crippen molar-refractivity contribution in [2.75, 3.05) is 10.8 Å². The number of imidazole rings is 1. The Morgan fingerprint density at radius 3 is 2.71 bits per heavy atom. The summed E-state index contributed by atoms with van der Waals surface area (Å²) in [5.41, 5.74) is 4.57. The van der Waals surface area contributed by atoms with E-state index in [-0.39, 0.29) is 0 Å². The molecule has 0 aliphatic rings. The second kappa shape index (κ2) is 5.33. The van der Waals surface area contributed by atoms with Crippen molar-refractivity contribution in [2.45, 2.75) is 6.54 Å². The SMILES string of the molecule is Cn1cnc2c(NCc3ccc(NO)cc3)nc(F)nc21. The van der Waals surface area contributed by atoms with Crippen molar-refractivity contribution in [3.63, 3.8) is 0 Å². The van der Waals surface area contributed by atoms with Gasteiger partial charge in [0, 0.05) is 13.6 Å². The number of halogens is 1. The molecule has 0 spiro atoms. The first-order valence-electron chi connectivity index (χ1n) is 6.25. The molecule has 1 aromatic carbocycles. The van der Waals surface area contributed by atoms with Crippen LogP contribution in [-0.2, 0) is 13.6 Å². The second-order valence-electron chi connectivity index (χ2n) is 4.53. The summed E-state index contributed by atoms with van der Waals surface area (Å²) in [6.45, 7) is 0.452. The number of nitrogens with one attached hydrogen (secondary N) is 2. The maximum absolute atomic E-state index is 13.4. The minimum Gasteiger partial charge on any atom is -0.364 e. The number of nitrogens with zero attached hydrogens (tertiary/aromatic N) is 4. The molecule has 21 heavy (non-hydrogen) atoms. The molecule has 0 aliphatic carbocycles. The van der Waals surface area contributed by atoms with Gasteiger partial charge in [0.25, 0.3) is 0 Å². The molecule has 3 aromatic rings. The molecule has 7 nitrogen and oxygen atoms in total. The lowest BCUT2D eigenvalue weighted by Crippen LogP contribution is -2.05. The highest BCUT2D eigenvalue weighted by atomic mass is 19.1. The van der Waals surface area contributed by atoms with E-state index < -0.39 is 6.08 Å². The Balaban J connectivity index is 1.84. The number of anilines is 2. The van der Waals surface area contributed by atoms with Gasteiger partial charge >= 0.3 is 6.08 Å². The van der Waals surface area contributed by atoms with Crippen molar-refractivity contribution >= 4 is 22.7 Å². The first-order chi connectivity index (χ1) is 10.2. The second-order valence-corrected chi connectivity index (χ2v) is 4.53. The van der Waals surface area contributed by atoms with Crippen LogP contribution in [0.25, 0.3) is 11.2 Å². The fraction of sp³-hybridized carbons (Fsp3) is 0.154. The molecular weight excluding hydrogens is 275 g/mol. The summed E-state index contributed by atoms with van der Waals surface area (Å²) in [7, 11) is 1.74. The maximum Gasteiger partial charge on any atom is 0.312 e. The predicted octanol–water partition coefficient (Wildman–Crippen LogP) is 1.92. The summed E-state index contributed by atoms with van der Waals surface area (Å²) < 4.78 is 15.1. The molecule has 0 amide bonds. The van der Waals surface area contributed by atoms with Crippen LogP contribution in [0.1, 0.15) is 5.56 Å². The van der Waals surface area contributed by atoms with Gasteiger partial charge in [-0.3, -0.25) is 10.7 Å². The normalized spacial score (nSPS) is 10.8. The highest BCUT2D eigenvalue weighted by Crippen LogP contribution is 2.19. The minimum atomic E-state index is -0.798. The number of hydrogen-bond acceptors (Lipinski definition) is 6. The van der Waals surface area contributed by atoms with Gasteiger partial charge in [-0.1, -0.05) is 12.1 Å². The standard InChI is InChI=1S/C13H13FN6O/c1-20-7-16-10-11(17-13(14)18-12(10)20)15-6-8-2-4-9(19-21)5-3-8/h2-5,7,19,21H,6H2,1H3,(H,15,17,18). The van der Waals surface area contributed by atoms with Crippen LogP contribution in [0.4, 0.5) is 15.9 Å². The van der Waals surface area contributed by atoms with Crippen molar-refractivity contribution in [1.82, 2.24) is 19.5 Å². The number of aryl methyl sites for hydroxylation is 1. The molecule has 0 saturated heterocycles. The Kier molecular flexibility index (Phi) is 3.36. The highest BCUT2D eigenvalue weighted by molar-refractivity contribution is 5.82. The van der Waals surface area contributed by atoms with Crippen molar-refractivity contribution in [3.05, 3.63) is 42.2 Å². The lowest BCUT2D eigenvalue weighted by molar-refractivity contribution is 0.389. The van der Waals surface area contributed by atoms with Crippen LogP contribution in [0, 0.1) is 6.08 Å². The van der Waals surface area contributed by atoms with Gasteiger partial charge in [-0.25, -0.2) is 4.98 Å². The van der Waals surface area contributed by atoms with E-state index in [0.29, 0.717) is 29.2 Å². The van der Waals surface area contributed by atoms with Crippen LogP contribution in [-0.4, -0.2) is 24.7 Å². The third-order valence-electron chi connectivity index (χ3n) is 3.08. The summed E-state index contributed by atoms with van der Waals surface area (Å²) in [5.74, 6) is 0.349. The largest absolute Gasteiger partial charge is 0.364 e. The average Bonchev–Trinajstić information content (AvgIpc) is 2.87. The summed E-state index contributed by atoms with van der Waals surface area (Å²) in [4.78, 5) is 11.6. The molecule has 108 valence electrons. The van der Waals surface area contributed by atoms with Gasteiger partial charge in [0.05, 0.1) is 12.0 Å². The van der Waals surface area contributed by atoms with Crippen molar-refractivity contribution in [2.24, 2.45) is 7.05 Å². The van der Waals surface area contributed by atoms with Gasteiger partial charge in [-0.15, -0.1) is 0 Å². The number of fused-ring (bicyclic) bond motifs is 1. The molecule has 2 aromatic heterocycles. The zero-order valence-corrected chi connectivity index (χ0v) is 11.2. The molecule has 0 aliphatic heterocycles. The van der Waals surface area contributed by atoms with Crippen LogP contribution in [0.15, 0.2) is 30.6 Å². The molecule has 0 unspecified atom stereocenters. The molecule has 0 bridgehead atoms. The Morgan fingerprint density at radius 2 is 2.00 bits per heavy atom. The molecule has 8 heteroatoms. The molecule has 0 atom stereocenters. The fourth-order valence-electron chi connectivity index (χ4n) is 1.99. The van der Waals surface area contributed by atoms with Crippen LogP contribution < -0.4 is 10.8 Å². The van der Waals surface area contributed by atoms with Gasteiger partial charge in [-0.2, -0.15) is 14.4 Å². The lowest BCUT2D eigenvalue weighted by Gasteiger charge is -2.07. The summed E-state index contributed by atoms with van der Waals surface area (Å²) >= 11 is 0. The summed E-state index contributed by atoms with van der Waals surface area (Å²) in [6.07, 6.45) is 0.763. The molecule has 0 radical (unpaired) electrons. The topological polar surface area (TPSA) is 87.9 Å². The third-order valence-corrected chi connectivity index (χ3v) is 3.08. The van der Waals surface area contributed by atoms with Gasteiger partial charge in [0.1, 0.15) is 0 Å². The van der Waals surface area contributed by atoms with E-state index >= 15 is 0 Å². The summed E-state index contributed by atoms with van der Waals surface area (Å²) in [5, 5.41) is 11.8. The average molecular weight is 288 g/mol. The third kappa shape index (κ3) is 2.61. The van der Waals surface area contributed by atoms with E-state index in [1.165, 1.54) is 0 Å². The van der Waals surface area contributed by atoms with Crippen molar-refractivity contribution in [1.29, 1.82) is 0 Å². The first-order valence-corrected chi connectivity index (χ1v) is 6.25. The molecule has 0 fully saturated rings. The Labute approximate surface area is 119 Å². The van der Waals surface area contributed by atoms with E-state index in [2.05, 4.69) is 25.7 Å². The van der Waals surface area contributed by atoms with E-state index in [1.54, 1.807) is 30.1 Å². The first kappa shape index (κ1) is 13.3. The number of aromatic nitrogens is 4. The van der Waals surface area contributed by atoms with Gasteiger partial charge in [-0.05, 0) is 17.7 Å². The lowest BCUT2D eigenvalue weighted by atomic mass is 10.2. The van der Waals surface area contributed by atoms with Gasteiger partial charge in [0.15, 0.2) is 17.0 Å². The fourth-order valence-corrected chi connectivity index (χ4v) is 1.99. The van der Waals surface area contributed by atoms with Crippen LogP contribution >= 0.6 is 0 Å². The predicted molar refractivity (Wildman–Crippen MR) is 75.4 cm³/mol. The molecule has 2 heterocycles. The molecule has 3 rings (SSSR count). The zero-order chi connectivity index (χ0) is 14.8. The molecule has 3 N–H and O–H groups in total. The van der Waals surface area contributed by atoms with Gasteiger partial charge in [0.2, 0.25) is 0 Å². The molecular formula is C13H13FN6O. The highest BCUT2D eigenvalue weighted by Gasteiger charge is 2.11. The Morgan fingerprint density at radius 1 is 1.24 bits per heavy atom. The minimum absolute atomic E-state index is 0.349. The monoisotopic (exact) mass is 288 g/mol.